The van der Waals surface area contributed by atoms with Gasteiger partial charge in [0.05, 0.1) is 5.52 Å². The number of nitrogens with zero attached hydrogens (tertiary/aromatic N) is 1. The van der Waals surface area contributed by atoms with Gasteiger partial charge in [-0.3, -0.25) is 14.2 Å². The average molecular weight is 332 g/mol. The van der Waals surface area contributed by atoms with Crippen LogP contribution in [0.15, 0.2) is 24.3 Å². The van der Waals surface area contributed by atoms with Gasteiger partial charge in [0.1, 0.15) is 17.3 Å². The molecule has 0 radical (unpaired) electrons. The molecule has 0 saturated heterocycles. The second-order valence-corrected chi connectivity index (χ2v) is 6.47. The first-order valence-corrected chi connectivity index (χ1v) is 7.44. The van der Waals surface area contributed by atoms with E-state index in [1.165, 1.54) is 4.57 Å². The molecule has 7 nitrogen and oxygen atoms in total. The molecular formula is C17H20N2O5. The minimum atomic E-state index is -1.20. The lowest BCUT2D eigenvalue weighted by molar-refractivity contribution is -0.138. The second kappa shape index (κ2) is 6.45. The Morgan fingerprint density at radius 1 is 1.33 bits per heavy atom. The van der Waals surface area contributed by atoms with Crippen LogP contribution in [0.3, 0.4) is 0 Å². The zero-order valence-corrected chi connectivity index (χ0v) is 13.8. The monoisotopic (exact) mass is 332 g/mol. The van der Waals surface area contributed by atoms with E-state index in [-0.39, 0.29) is 12.1 Å². The molecule has 0 amide bonds. The summed E-state index contributed by atoms with van der Waals surface area (Å²) in [6.07, 6.45) is 0.419. The van der Waals surface area contributed by atoms with Crippen LogP contribution in [-0.2, 0) is 20.7 Å². The Labute approximate surface area is 139 Å². The highest BCUT2D eigenvalue weighted by atomic mass is 16.6. The number of hydrogen-bond donors (Lipinski definition) is 2. The molecule has 0 fully saturated rings. The first kappa shape index (κ1) is 17.7. The zero-order valence-electron chi connectivity index (χ0n) is 13.8. The first-order chi connectivity index (χ1) is 11.2. The minimum absolute atomic E-state index is 0.0119. The molecule has 1 aromatic carbocycles. The van der Waals surface area contributed by atoms with E-state index in [0.717, 1.165) is 0 Å². The van der Waals surface area contributed by atoms with Crippen LogP contribution in [0.5, 0.6) is 0 Å². The highest BCUT2D eigenvalue weighted by Gasteiger charge is 2.29. The van der Waals surface area contributed by atoms with Gasteiger partial charge < -0.3 is 15.6 Å². The maximum absolute atomic E-state index is 12.6. The van der Waals surface area contributed by atoms with Crippen LogP contribution in [-0.4, -0.2) is 39.7 Å². The summed E-state index contributed by atoms with van der Waals surface area (Å²) in [6, 6.07) is 5.66. The van der Waals surface area contributed by atoms with E-state index in [9.17, 15) is 14.4 Å². The number of carboxylic acid groups (broad SMARTS) is 1. The van der Waals surface area contributed by atoms with Gasteiger partial charge in [0, 0.05) is 11.8 Å². The van der Waals surface area contributed by atoms with Crippen molar-refractivity contribution in [2.24, 2.45) is 5.73 Å². The lowest BCUT2D eigenvalue weighted by Gasteiger charge is -2.20. The number of aliphatic carboxylic acids is 1. The van der Waals surface area contributed by atoms with Crippen LogP contribution >= 0.6 is 0 Å². The van der Waals surface area contributed by atoms with Gasteiger partial charge in [-0.25, -0.2) is 4.79 Å². The SMILES string of the molecule is CC(C)(C)OC(=O)c1c(CC(N)C(=O)O)c2ccccc2n1C=O. The van der Waals surface area contributed by atoms with E-state index >= 15 is 0 Å². The molecule has 0 saturated carbocycles. The molecular weight excluding hydrogens is 312 g/mol. The van der Waals surface area contributed by atoms with E-state index in [1.54, 1.807) is 45.0 Å². The molecule has 0 aliphatic carbocycles. The molecule has 0 aliphatic rings. The molecule has 0 aliphatic heterocycles. The molecule has 7 heteroatoms. The zero-order chi connectivity index (χ0) is 18.1. The topological polar surface area (TPSA) is 112 Å². The Balaban J connectivity index is 2.68. The van der Waals surface area contributed by atoms with E-state index in [0.29, 0.717) is 22.9 Å². The Kier molecular flexibility index (Phi) is 4.75. The molecule has 128 valence electrons. The number of esters is 1. The molecule has 1 unspecified atom stereocenters. The number of para-hydroxylation sites is 1. The standard InChI is InChI=1S/C17H20N2O5/c1-17(2,3)24-16(23)14-11(8-12(18)15(21)22)10-6-4-5-7-13(10)19(14)9-20/h4-7,9,12H,8,18H2,1-3H3,(H,21,22). The molecule has 1 atom stereocenters. The van der Waals surface area contributed by atoms with Crippen LogP contribution in [0.1, 0.15) is 36.8 Å². The van der Waals surface area contributed by atoms with E-state index in [2.05, 4.69) is 0 Å². The van der Waals surface area contributed by atoms with Crippen molar-refractivity contribution in [3.05, 3.63) is 35.5 Å². The molecule has 3 N–H and O–H groups in total. The quantitative estimate of drug-likeness (QED) is 0.635. The summed E-state index contributed by atoms with van der Waals surface area (Å²) in [4.78, 5) is 35.3. The summed E-state index contributed by atoms with van der Waals surface area (Å²) in [5, 5.41) is 9.68. The summed E-state index contributed by atoms with van der Waals surface area (Å²) in [5.74, 6) is -1.88. The molecule has 1 heterocycles. The maximum atomic E-state index is 12.6. The molecule has 0 spiro atoms. The summed E-state index contributed by atoms with van der Waals surface area (Å²) in [6.45, 7) is 5.13. The smallest absolute Gasteiger partial charge is 0.356 e. The number of ether oxygens (including phenoxy) is 1. The van der Waals surface area contributed by atoms with Gasteiger partial charge in [-0.15, -0.1) is 0 Å². The number of rotatable bonds is 5. The molecule has 2 aromatic rings. The summed E-state index contributed by atoms with van der Waals surface area (Å²) < 4.78 is 6.55. The van der Waals surface area contributed by atoms with Crippen LogP contribution in [0.4, 0.5) is 0 Å². The maximum Gasteiger partial charge on any atom is 0.356 e. The van der Waals surface area contributed by atoms with Crippen molar-refractivity contribution in [3.8, 4) is 0 Å². The predicted molar refractivity (Wildman–Crippen MR) is 88.6 cm³/mol. The number of carbonyl (C=O) groups is 3. The van der Waals surface area contributed by atoms with E-state index in [1.807, 2.05) is 0 Å². The van der Waals surface area contributed by atoms with Gasteiger partial charge in [-0.2, -0.15) is 0 Å². The van der Waals surface area contributed by atoms with Gasteiger partial charge >= 0.3 is 11.9 Å². The number of carboxylic acids is 1. The fourth-order valence-corrected chi connectivity index (χ4v) is 2.50. The van der Waals surface area contributed by atoms with Crippen LogP contribution in [0, 0.1) is 0 Å². The second-order valence-electron chi connectivity index (χ2n) is 6.47. The van der Waals surface area contributed by atoms with Crippen molar-refractivity contribution in [2.45, 2.75) is 38.8 Å². The highest BCUT2D eigenvalue weighted by Crippen LogP contribution is 2.28. The number of carbonyl (C=O) groups excluding carboxylic acids is 2. The third-order valence-electron chi connectivity index (χ3n) is 3.45. The lowest BCUT2D eigenvalue weighted by Crippen LogP contribution is -2.33. The summed E-state index contributed by atoms with van der Waals surface area (Å²) >= 11 is 0. The molecule has 0 bridgehead atoms. The largest absolute Gasteiger partial charge is 0.480 e. The Hall–Kier alpha value is -2.67. The van der Waals surface area contributed by atoms with Crippen molar-refractivity contribution < 1.29 is 24.2 Å². The van der Waals surface area contributed by atoms with Crippen LogP contribution in [0.2, 0.25) is 0 Å². The Morgan fingerprint density at radius 2 is 1.96 bits per heavy atom. The van der Waals surface area contributed by atoms with Gasteiger partial charge in [-0.1, -0.05) is 18.2 Å². The Morgan fingerprint density at radius 3 is 2.50 bits per heavy atom. The number of hydrogen-bond acceptors (Lipinski definition) is 5. The van der Waals surface area contributed by atoms with Crippen LogP contribution in [0.25, 0.3) is 10.9 Å². The molecule has 1 aromatic heterocycles. The summed E-state index contributed by atoms with van der Waals surface area (Å²) in [5.41, 5.74) is 5.78. The number of benzene rings is 1. The molecule has 2 rings (SSSR count). The fraction of sp³-hybridized carbons (Fsp3) is 0.353. The number of nitrogens with two attached hydrogens (primary N) is 1. The predicted octanol–water partition coefficient (Wildman–Crippen LogP) is 1.59. The molecule has 24 heavy (non-hydrogen) atoms. The third kappa shape index (κ3) is 3.46. The van der Waals surface area contributed by atoms with Gasteiger partial charge in [0.2, 0.25) is 6.41 Å². The number of fused-ring (bicyclic) bond motifs is 1. The normalized spacial score (nSPS) is 12.8. The average Bonchev–Trinajstić information content (AvgIpc) is 2.79. The van der Waals surface area contributed by atoms with Crippen LogP contribution < -0.4 is 5.73 Å². The van der Waals surface area contributed by atoms with Crippen molar-refractivity contribution in [3.63, 3.8) is 0 Å². The van der Waals surface area contributed by atoms with Gasteiger partial charge in [0.25, 0.3) is 0 Å². The first-order valence-electron chi connectivity index (χ1n) is 7.44. The lowest BCUT2D eigenvalue weighted by atomic mass is 10.0. The van der Waals surface area contributed by atoms with Gasteiger partial charge in [0.15, 0.2) is 0 Å². The van der Waals surface area contributed by atoms with Gasteiger partial charge in [-0.05, 0) is 32.4 Å². The highest BCUT2D eigenvalue weighted by molar-refractivity contribution is 6.03. The van der Waals surface area contributed by atoms with Crippen molar-refractivity contribution in [1.29, 1.82) is 0 Å². The number of aromatic nitrogens is 1. The fourth-order valence-electron chi connectivity index (χ4n) is 2.50. The summed E-state index contributed by atoms with van der Waals surface area (Å²) in [7, 11) is 0. The minimum Gasteiger partial charge on any atom is -0.480 e. The van der Waals surface area contributed by atoms with Crippen molar-refractivity contribution >= 4 is 29.3 Å². The van der Waals surface area contributed by atoms with E-state index in [4.69, 9.17) is 15.6 Å². The van der Waals surface area contributed by atoms with E-state index < -0.39 is 23.6 Å². The Bertz CT molecular complexity index is 801. The third-order valence-corrected chi connectivity index (χ3v) is 3.45. The van der Waals surface area contributed by atoms with Crippen molar-refractivity contribution in [1.82, 2.24) is 4.57 Å². The van der Waals surface area contributed by atoms with Crippen molar-refractivity contribution in [2.75, 3.05) is 0 Å².